The molecule has 1 unspecified atom stereocenters. The molecule has 0 spiro atoms. The molecule has 26 heavy (non-hydrogen) atoms. The Bertz CT molecular complexity index is 852. The minimum absolute atomic E-state index is 0.0632. The van der Waals surface area contributed by atoms with Crippen LogP contribution in [0.25, 0.3) is 0 Å². The second-order valence-electron chi connectivity index (χ2n) is 6.77. The zero-order chi connectivity index (χ0) is 18.3. The van der Waals surface area contributed by atoms with Gasteiger partial charge in [0.15, 0.2) is 0 Å². The molecule has 4 rings (SSSR count). The fourth-order valence-electron chi connectivity index (χ4n) is 3.78. The van der Waals surface area contributed by atoms with E-state index in [1.807, 2.05) is 0 Å². The quantitative estimate of drug-likeness (QED) is 0.825. The first-order valence-corrected chi connectivity index (χ1v) is 9.93. The summed E-state index contributed by atoms with van der Waals surface area (Å²) in [4.78, 5) is 8.45. The Balaban J connectivity index is 1.58. The molecule has 10 heteroatoms. The number of nitrogens with one attached hydrogen (secondary N) is 1. The fraction of sp³-hybridized carbons (Fsp3) is 0.562. The second-order valence-corrected chi connectivity index (χ2v) is 8.64. The van der Waals surface area contributed by atoms with Crippen molar-refractivity contribution in [3.05, 3.63) is 30.0 Å². The van der Waals surface area contributed by atoms with Crippen LogP contribution in [0, 0.1) is 25.7 Å². The Hall–Kier alpha value is -2.04. The zero-order valence-electron chi connectivity index (χ0n) is 14.6. The van der Waals surface area contributed by atoms with Gasteiger partial charge >= 0.3 is 0 Å². The van der Waals surface area contributed by atoms with Crippen LogP contribution in [-0.4, -0.2) is 65.3 Å². The molecule has 4 heterocycles. The summed E-state index contributed by atoms with van der Waals surface area (Å²) in [7, 11) is -3.62. The summed E-state index contributed by atoms with van der Waals surface area (Å²) in [5, 5.41) is 6.78. The maximum Gasteiger partial charge on any atom is 0.246 e. The van der Waals surface area contributed by atoms with E-state index < -0.39 is 10.0 Å². The lowest BCUT2D eigenvalue weighted by Crippen LogP contribution is -2.58. The van der Waals surface area contributed by atoms with Gasteiger partial charge in [-0.3, -0.25) is 10.1 Å². The molecule has 2 bridgehead atoms. The highest BCUT2D eigenvalue weighted by molar-refractivity contribution is 7.89. The van der Waals surface area contributed by atoms with E-state index in [1.54, 1.807) is 32.4 Å². The van der Waals surface area contributed by atoms with Gasteiger partial charge in [-0.1, -0.05) is 0 Å². The predicted molar refractivity (Wildman–Crippen MR) is 91.1 cm³/mol. The first-order chi connectivity index (χ1) is 12.5. The van der Waals surface area contributed by atoms with E-state index in [4.69, 9.17) is 9.47 Å². The number of rotatable bonds is 4. The number of piperidine rings is 1. The van der Waals surface area contributed by atoms with Crippen molar-refractivity contribution in [2.75, 3.05) is 26.3 Å². The van der Waals surface area contributed by atoms with Crippen molar-refractivity contribution < 1.29 is 17.9 Å². The Kier molecular flexibility index (Phi) is 4.41. The average molecular weight is 379 g/mol. The first-order valence-electron chi connectivity index (χ1n) is 8.49. The number of fused-ring (bicyclic) bond motifs is 2. The number of aromatic amines is 1. The van der Waals surface area contributed by atoms with E-state index in [2.05, 4.69) is 20.2 Å². The normalized spacial score (nSPS) is 26.6. The molecule has 2 saturated heterocycles. The summed E-state index contributed by atoms with van der Waals surface area (Å²) >= 11 is 0. The van der Waals surface area contributed by atoms with Crippen molar-refractivity contribution in [3.8, 4) is 5.88 Å². The molecule has 0 aliphatic carbocycles. The van der Waals surface area contributed by atoms with Crippen molar-refractivity contribution in [2.45, 2.75) is 24.8 Å². The molecule has 140 valence electrons. The van der Waals surface area contributed by atoms with Crippen LogP contribution in [0.15, 0.2) is 23.5 Å². The Morgan fingerprint density at radius 3 is 2.54 bits per heavy atom. The van der Waals surface area contributed by atoms with E-state index in [1.165, 1.54) is 4.31 Å². The molecule has 2 fully saturated rings. The summed E-state index contributed by atoms with van der Waals surface area (Å²) in [5.74, 6) is 0.325. The Morgan fingerprint density at radius 1 is 1.23 bits per heavy atom. The molecule has 2 aromatic rings. The zero-order valence-corrected chi connectivity index (χ0v) is 15.4. The van der Waals surface area contributed by atoms with Gasteiger partial charge in [0.2, 0.25) is 15.9 Å². The number of aryl methyl sites for hydroxylation is 2. The minimum Gasteiger partial charge on any atom is -0.472 e. The second kappa shape index (κ2) is 6.60. The molecule has 2 aliphatic heterocycles. The van der Waals surface area contributed by atoms with E-state index in [-0.39, 0.29) is 22.8 Å². The van der Waals surface area contributed by atoms with Crippen LogP contribution in [-0.2, 0) is 14.8 Å². The number of hydrogen-bond acceptors (Lipinski definition) is 7. The van der Waals surface area contributed by atoms with Gasteiger partial charge in [-0.2, -0.15) is 9.40 Å². The molecule has 0 radical (unpaired) electrons. The molecule has 0 amide bonds. The van der Waals surface area contributed by atoms with Gasteiger partial charge in [0.25, 0.3) is 0 Å². The van der Waals surface area contributed by atoms with Gasteiger partial charge in [-0.05, 0) is 13.8 Å². The van der Waals surface area contributed by atoms with Crippen LogP contribution in [0.5, 0.6) is 5.88 Å². The average Bonchev–Trinajstić information content (AvgIpc) is 2.94. The molecule has 2 aromatic heterocycles. The van der Waals surface area contributed by atoms with Crippen molar-refractivity contribution >= 4 is 10.0 Å². The molecular formula is C16H21N5O4S. The monoisotopic (exact) mass is 379 g/mol. The third-order valence-corrected chi connectivity index (χ3v) is 7.02. The summed E-state index contributed by atoms with van der Waals surface area (Å²) in [6.45, 7) is 5.01. The number of nitrogens with zero attached hydrogens (tertiary/aromatic N) is 4. The topological polar surface area (TPSA) is 110 Å². The molecule has 1 N–H and O–H groups in total. The number of sulfonamides is 1. The smallest absolute Gasteiger partial charge is 0.246 e. The van der Waals surface area contributed by atoms with Crippen molar-refractivity contribution in [2.24, 2.45) is 11.8 Å². The van der Waals surface area contributed by atoms with Crippen LogP contribution in [0.1, 0.15) is 11.4 Å². The van der Waals surface area contributed by atoms with E-state index in [0.29, 0.717) is 43.6 Å². The largest absolute Gasteiger partial charge is 0.472 e. The standard InChI is InChI=1S/C16H21N5O4S/c1-10-16(11(2)20-19-10)26(22,23)21-6-12-8-24-9-13(7-21)15(12)25-14-5-17-3-4-18-14/h3-5,12-13,15H,6-9H2,1-2H3,(H,19,20)/t12-,13+,15?. The first kappa shape index (κ1) is 17.4. The van der Waals surface area contributed by atoms with Gasteiger partial charge in [-0.15, -0.1) is 0 Å². The minimum atomic E-state index is -3.62. The molecule has 3 atom stereocenters. The molecule has 9 nitrogen and oxygen atoms in total. The number of ether oxygens (including phenoxy) is 2. The predicted octanol–water partition coefficient (Wildman–Crippen LogP) is 0.531. The van der Waals surface area contributed by atoms with E-state index >= 15 is 0 Å². The number of aromatic nitrogens is 4. The highest BCUT2D eigenvalue weighted by atomic mass is 32.2. The van der Waals surface area contributed by atoms with Gasteiger partial charge in [-0.25, -0.2) is 13.4 Å². The number of H-pyrrole nitrogens is 1. The Morgan fingerprint density at radius 2 is 1.96 bits per heavy atom. The van der Waals surface area contributed by atoms with Crippen LogP contribution >= 0.6 is 0 Å². The maximum atomic E-state index is 13.1. The highest BCUT2D eigenvalue weighted by Crippen LogP contribution is 2.34. The van der Waals surface area contributed by atoms with Crippen LogP contribution in [0.4, 0.5) is 0 Å². The molecule has 0 aromatic carbocycles. The van der Waals surface area contributed by atoms with Gasteiger partial charge < -0.3 is 9.47 Å². The van der Waals surface area contributed by atoms with Gasteiger partial charge in [0.1, 0.15) is 11.0 Å². The Labute approximate surface area is 151 Å². The SMILES string of the molecule is Cc1n[nH]c(C)c1S(=O)(=O)N1C[C@H]2COC[C@@H](C1)C2Oc1cnccn1. The highest BCUT2D eigenvalue weighted by Gasteiger charge is 2.46. The van der Waals surface area contributed by atoms with Gasteiger partial charge in [0.05, 0.1) is 30.8 Å². The van der Waals surface area contributed by atoms with Gasteiger partial charge in [0, 0.05) is 37.3 Å². The van der Waals surface area contributed by atoms with Crippen molar-refractivity contribution in [3.63, 3.8) is 0 Å². The lowest BCUT2D eigenvalue weighted by atomic mass is 9.86. The molecular weight excluding hydrogens is 358 g/mol. The lowest BCUT2D eigenvalue weighted by Gasteiger charge is -2.45. The third-order valence-electron chi connectivity index (χ3n) is 4.92. The van der Waals surface area contributed by atoms with E-state index in [0.717, 1.165) is 0 Å². The maximum absolute atomic E-state index is 13.1. The van der Waals surface area contributed by atoms with Crippen molar-refractivity contribution in [1.82, 2.24) is 24.5 Å². The molecule has 2 aliphatic rings. The summed E-state index contributed by atoms with van der Waals surface area (Å²) in [5.41, 5.74) is 1.05. The fourth-order valence-corrected chi connectivity index (χ4v) is 5.67. The number of hydrogen-bond donors (Lipinski definition) is 1. The van der Waals surface area contributed by atoms with Crippen LogP contribution in [0.3, 0.4) is 0 Å². The van der Waals surface area contributed by atoms with Crippen molar-refractivity contribution in [1.29, 1.82) is 0 Å². The van der Waals surface area contributed by atoms with Crippen LogP contribution in [0.2, 0.25) is 0 Å². The molecule has 0 saturated carbocycles. The lowest BCUT2D eigenvalue weighted by molar-refractivity contribution is -0.0996. The summed E-state index contributed by atoms with van der Waals surface area (Å²) in [6.07, 6.45) is 4.59. The summed E-state index contributed by atoms with van der Waals surface area (Å²) < 4.78 is 39.5. The summed E-state index contributed by atoms with van der Waals surface area (Å²) in [6, 6.07) is 0. The van der Waals surface area contributed by atoms with E-state index in [9.17, 15) is 8.42 Å². The van der Waals surface area contributed by atoms with Crippen LogP contribution < -0.4 is 4.74 Å². The third kappa shape index (κ3) is 2.97.